The zero-order chi connectivity index (χ0) is 19.5. The van der Waals surface area contributed by atoms with Crippen LogP contribution in [0.1, 0.15) is 31.6 Å². The summed E-state index contributed by atoms with van der Waals surface area (Å²) in [7, 11) is 1.61. The van der Waals surface area contributed by atoms with Crippen molar-refractivity contribution < 1.29 is 9.53 Å². The minimum Gasteiger partial charge on any atom is -0.497 e. The van der Waals surface area contributed by atoms with Crippen molar-refractivity contribution in [1.82, 2.24) is 19.4 Å². The molecule has 2 aromatic heterocycles. The molecule has 2 amide bonds. The third-order valence-corrected chi connectivity index (χ3v) is 5.13. The van der Waals surface area contributed by atoms with Crippen LogP contribution in [0.5, 0.6) is 5.75 Å². The molecule has 1 fully saturated rings. The maximum Gasteiger partial charge on any atom is 0.321 e. The number of nitrogens with zero attached hydrogens (tertiary/aromatic N) is 4. The Morgan fingerprint density at radius 3 is 3.04 bits per heavy atom. The summed E-state index contributed by atoms with van der Waals surface area (Å²) in [5.74, 6) is 1.77. The van der Waals surface area contributed by atoms with Gasteiger partial charge in [0.25, 0.3) is 0 Å². The van der Waals surface area contributed by atoms with Crippen molar-refractivity contribution in [3.05, 3.63) is 48.4 Å². The highest BCUT2D eigenvalue weighted by Crippen LogP contribution is 2.28. The van der Waals surface area contributed by atoms with Crippen molar-refractivity contribution in [2.75, 3.05) is 25.5 Å². The second-order valence-corrected chi connectivity index (χ2v) is 7.04. The zero-order valence-corrected chi connectivity index (χ0v) is 16.3. The molecule has 4 rings (SSSR count). The van der Waals surface area contributed by atoms with Crippen LogP contribution in [0.15, 0.2) is 42.6 Å². The highest BCUT2D eigenvalue weighted by atomic mass is 16.5. The lowest BCUT2D eigenvalue weighted by atomic mass is 10.2. The Morgan fingerprint density at radius 2 is 2.21 bits per heavy atom. The predicted molar refractivity (Wildman–Crippen MR) is 109 cm³/mol. The van der Waals surface area contributed by atoms with Crippen LogP contribution in [0.25, 0.3) is 11.2 Å². The molecule has 0 radical (unpaired) electrons. The number of likely N-dealkylation sites (tertiary alicyclic amines) is 1. The molecule has 7 nitrogen and oxygen atoms in total. The average Bonchev–Trinajstić information content (AvgIpc) is 3.32. The molecule has 0 spiro atoms. The van der Waals surface area contributed by atoms with E-state index in [1.807, 2.05) is 41.3 Å². The smallest absolute Gasteiger partial charge is 0.321 e. The Morgan fingerprint density at radius 1 is 1.32 bits per heavy atom. The third kappa shape index (κ3) is 3.52. The van der Waals surface area contributed by atoms with Gasteiger partial charge in [-0.25, -0.2) is 14.8 Å². The number of carbonyl (C=O) groups is 1. The van der Waals surface area contributed by atoms with E-state index in [1.54, 1.807) is 13.3 Å². The minimum absolute atomic E-state index is 0.0924. The Labute approximate surface area is 164 Å². The van der Waals surface area contributed by atoms with Gasteiger partial charge in [-0.15, -0.1) is 0 Å². The van der Waals surface area contributed by atoms with E-state index in [1.165, 1.54) is 0 Å². The number of ether oxygens (including phenoxy) is 1. The molecule has 146 valence electrons. The molecule has 3 heterocycles. The van der Waals surface area contributed by atoms with Crippen LogP contribution in [-0.2, 0) is 6.42 Å². The quantitative estimate of drug-likeness (QED) is 0.730. The number of rotatable bonds is 5. The van der Waals surface area contributed by atoms with Crippen molar-refractivity contribution in [3.8, 4) is 5.75 Å². The lowest BCUT2D eigenvalue weighted by molar-refractivity contribution is 0.221. The number of nitrogens with one attached hydrogen (secondary N) is 1. The number of aromatic nitrogens is 3. The fourth-order valence-electron chi connectivity index (χ4n) is 3.80. The molecule has 7 heteroatoms. The summed E-state index contributed by atoms with van der Waals surface area (Å²) in [6.45, 7) is 3.51. The summed E-state index contributed by atoms with van der Waals surface area (Å²) in [6.07, 6.45) is 4.63. The summed E-state index contributed by atoms with van der Waals surface area (Å²) in [6, 6.07) is 11.4. The second-order valence-electron chi connectivity index (χ2n) is 7.04. The van der Waals surface area contributed by atoms with Crippen LogP contribution < -0.4 is 10.1 Å². The molecule has 1 atom stereocenters. The molecule has 1 aromatic carbocycles. The summed E-state index contributed by atoms with van der Waals surface area (Å²) < 4.78 is 7.46. The second kappa shape index (κ2) is 7.88. The van der Waals surface area contributed by atoms with Crippen molar-refractivity contribution in [2.24, 2.45) is 0 Å². The van der Waals surface area contributed by atoms with Gasteiger partial charge in [-0.1, -0.05) is 13.0 Å². The fraction of sp³-hybridized carbons (Fsp3) is 0.381. The molecule has 1 N–H and O–H groups in total. The molecule has 0 saturated carbocycles. The van der Waals surface area contributed by atoms with Gasteiger partial charge in [0.05, 0.1) is 13.2 Å². The van der Waals surface area contributed by atoms with Gasteiger partial charge in [-0.2, -0.15) is 0 Å². The van der Waals surface area contributed by atoms with Crippen LogP contribution >= 0.6 is 0 Å². The third-order valence-electron chi connectivity index (χ3n) is 5.13. The van der Waals surface area contributed by atoms with Gasteiger partial charge in [-0.3, -0.25) is 0 Å². The van der Waals surface area contributed by atoms with Crippen LogP contribution in [0.2, 0.25) is 0 Å². The van der Waals surface area contributed by atoms with Gasteiger partial charge in [0.2, 0.25) is 0 Å². The van der Waals surface area contributed by atoms with E-state index in [-0.39, 0.29) is 12.1 Å². The van der Waals surface area contributed by atoms with Gasteiger partial charge in [0, 0.05) is 37.5 Å². The summed E-state index contributed by atoms with van der Waals surface area (Å²) >= 11 is 0. The number of methoxy groups -OCH3 is 1. The lowest BCUT2D eigenvalue weighted by Crippen LogP contribution is -2.33. The number of aryl methyl sites for hydroxylation is 1. The number of benzene rings is 1. The van der Waals surface area contributed by atoms with E-state index in [0.29, 0.717) is 13.1 Å². The van der Waals surface area contributed by atoms with Crippen molar-refractivity contribution in [2.45, 2.75) is 32.2 Å². The molecule has 0 unspecified atom stereocenters. The normalized spacial score (nSPS) is 16.5. The first-order valence-electron chi connectivity index (χ1n) is 9.71. The number of amides is 2. The van der Waals surface area contributed by atoms with Crippen molar-refractivity contribution in [3.63, 3.8) is 0 Å². The van der Waals surface area contributed by atoms with E-state index >= 15 is 0 Å². The van der Waals surface area contributed by atoms with Gasteiger partial charge >= 0.3 is 6.03 Å². The molecule has 0 aliphatic carbocycles. The maximum absolute atomic E-state index is 12.7. The monoisotopic (exact) mass is 379 g/mol. The van der Waals surface area contributed by atoms with E-state index in [9.17, 15) is 4.79 Å². The predicted octanol–water partition coefficient (Wildman–Crippen LogP) is 3.87. The Hall–Kier alpha value is -3.09. The zero-order valence-electron chi connectivity index (χ0n) is 16.3. The molecule has 1 aliphatic rings. The van der Waals surface area contributed by atoms with Crippen LogP contribution in [0.3, 0.4) is 0 Å². The number of carbonyl (C=O) groups excluding carboxylic acids is 1. The van der Waals surface area contributed by atoms with Gasteiger partial charge in [0.1, 0.15) is 17.1 Å². The highest BCUT2D eigenvalue weighted by Gasteiger charge is 2.30. The molecule has 3 aromatic rings. The molecule has 0 bridgehead atoms. The van der Waals surface area contributed by atoms with Crippen molar-refractivity contribution >= 4 is 22.9 Å². The SMILES string of the molecule is CCCc1nc2cccnc2n1[C@@H]1CCN(C(=O)Nc2cccc(OC)c2)C1. The van der Waals surface area contributed by atoms with Crippen LogP contribution in [0.4, 0.5) is 10.5 Å². The average molecular weight is 379 g/mol. The van der Waals surface area contributed by atoms with Crippen molar-refractivity contribution in [1.29, 1.82) is 0 Å². The summed E-state index contributed by atoms with van der Waals surface area (Å²) in [4.78, 5) is 23.9. The fourth-order valence-corrected chi connectivity index (χ4v) is 3.80. The Bertz CT molecular complexity index is 984. The number of pyridine rings is 1. The largest absolute Gasteiger partial charge is 0.497 e. The number of anilines is 1. The lowest BCUT2D eigenvalue weighted by Gasteiger charge is -2.19. The molecular formula is C21H25N5O2. The first-order chi connectivity index (χ1) is 13.7. The number of hydrogen-bond donors (Lipinski definition) is 1. The van der Waals surface area contributed by atoms with Gasteiger partial charge in [0.15, 0.2) is 5.65 Å². The van der Waals surface area contributed by atoms with E-state index in [4.69, 9.17) is 9.72 Å². The van der Waals surface area contributed by atoms with Crippen LogP contribution in [0, 0.1) is 0 Å². The topological polar surface area (TPSA) is 72.3 Å². The van der Waals surface area contributed by atoms with Gasteiger partial charge < -0.3 is 19.5 Å². The molecule has 1 saturated heterocycles. The Kier molecular flexibility index (Phi) is 5.14. The summed E-state index contributed by atoms with van der Waals surface area (Å²) in [5, 5.41) is 2.97. The van der Waals surface area contributed by atoms with Gasteiger partial charge in [-0.05, 0) is 37.1 Å². The molecule has 28 heavy (non-hydrogen) atoms. The summed E-state index contributed by atoms with van der Waals surface area (Å²) in [5.41, 5.74) is 2.56. The molecule has 1 aliphatic heterocycles. The number of urea groups is 1. The van der Waals surface area contributed by atoms with E-state index in [2.05, 4.69) is 21.8 Å². The highest BCUT2D eigenvalue weighted by molar-refractivity contribution is 5.89. The number of imidazole rings is 1. The van der Waals surface area contributed by atoms with Crippen LogP contribution in [-0.4, -0.2) is 45.7 Å². The first kappa shape index (κ1) is 18.3. The maximum atomic E-state index is 12.7. The Balaban J connectivity index is 1.51. The number of fused-ring (bicyclic) bond motifs is 1. The number of hydrogen-bond acceptors (Lipinski definition) is 4. The minimum atomic E-state index is -0.0924. The molecular weight excluding hydrogens is 354 g/mol. The van der Waals surface area contributed by atoms with E-state index in [0.717, 1.165) is 47.7 Å². The van der Waals surface area contributed by atoms with E-state index < -0.39 is 0 Å². The standard InChI is InChI=1S/C21H25N5O2/c1-3-6-19-24-18-9-5-11-22-20(18)26(19)16-10-12-25(14-16)21(27)23-15-7-4-8-17(13-15)28-2/h4-5,7-9,11,13,16H,3,6,10,12,14H2,1-2H3,(H,23,27)/t16-/m1/s1. The first-order valence-corrected chi connectivity index (χ1v) is 9.71.